The Hall–Kier alpha value is -0.510. The maximum absolute atomic E-state index is 2.32. The zero-order chi connectivity index (χ0) is 14.9. The number of rotatable bonds is 8. The Balaban J connectivity index is 1.64. The van der Waals surface area contributed by atoms with Crippen LogP contribution in [-0.2, 0) is 0 Å². The normalized spacial score (nSPS) is 13.8. The van der Waals surface area contributed by atoms with Gasteiger partial charge in [-0.25, -0.2) is 0 Å². The van der Waals surface area contributed by atoms with Crippen LogP contribution in [0.4, 0.5) is 0 Å². The highest BCUT2D eigenvalue weighted by molar-refractivity contribution is 8.05. The molecule has 0 saturated heterocycles. The van der Waals surface area contributed by atoms with E-state index >= 15 is 0 Å². The SMILES string of the molecule is C[C@H](CSC[C@@H](C)Sc1ccccc1)Sc1ccccc1. The average Bonchev–Trinajstić information content (AvgIpc) is 2.49. The van der Waals surface area contributed by atoms with E-state index in [1.54, 1.807) is 0 Å². The molecule has 0 aliphatic heterocycles. The third-order valence-corrected chi connectivity index (χ3v) is 6.99. The molecule has 0 bridgehead atoms. The first-order valence-electron chi connectivity index (χ1n) is 7.25. The van der Waals surface area contributed by atoms with E-state index in [2.05, 4.69) is 86.3 Å². The standard InChI is InChI=1S/C18H22S3/c1-15(20-17-9-5-3-6-10-17)13-19-14-16(2)21-18-11-7-4-8-12-18/h3-12,15-16H,13-14H2,1-2H3/t15-,16-/m1/s1. The fourth-order valence-corrected chi connectivity index (χ4v) is 5.41. The number of benzene rings is 2. The number of thioether (sulfide) groups is 3. The molecule has 0 radical (unpaired) electrons. The summed E-state index contributed by atoms with van der Waals surface area (Å²) in [5.74, 6) is 2.42. The van der Waals surface area contributed by atoms with Crippen LogP contribution >= 0.6 is 35.3 Å². The lowest BCUT2D eigenvalue weighted by molar-refractivity contribution is 1.09. The molecule has 0 heterocycles. The van der Waals surface area contributed by atoms with E-state index in [0.717, 1.165) is 0 Å². The van der Waals surface area contributed by atoms with Crippen molar-refractivity contribution in [2.75, 3.05) is 11.5 Å². The van der Waals surface area contributed by atoms with Gasteiger partial charge in [0.1, 0.15) is 0 Å². The van der Waals surface area contributed by atoms with Crippen LogP contribution in [0.2, 0.25) is 0 Å². The van der Waals surface area contributed by atoms with E-state index in [9.17, 15) is 0 Å². The summed E-state index contributed by atoms with van der Waals surface area (Å²) in [5.41, 5.74) is 0. The third-order valence-electron chi connectivity index (χ3n) is 2.87. The predicted octanol–water partition coefficient (Wildman–Crippen LogP) is 6.08. The van der Waals surface area contributed by atoms with Gasteiger partial charge in [0.05, 0.1) is 0 Å². The highest BCUT2D eigenvalue weighted by Crippen LogP contribution is 2.28. The van der Waals surface area contributed by atoms with Crippen LogP contribution in [0.5, 0.6) is 0 Å². The molecule has 0 aliphatic rings. The van der Waals surface area contributed by atoms with Gasteiger partial charge in [0.15, 0.2) is 0 Å². The zero-order valence-corrected chi connectivity index (χ0v) is 15.0. The van der Waals surface area contributed by atoms with Gasteiger partial charge < -0.3 is 0 Å². The highest BCUT2D eigenvalue weighted by atomic mass is 32.2. The molecule has 0 aromatic heterocycles. The molecule has 2 rings (SSSR count). The molecule has 0 fully saturated rings. The minimum Gasteiger partial charge on any atom is -0.160 e. The van der Waals surface area contributed by atoms with E-state index in [1.165, 1.54) is 21.3 Å². The molecule has 0 saturated carbocycles. The van der Waals surface area contributed by atoms with Crippen LogP contribution in [0.25, 0.3) is 0 Å². The van der Waals surface area contributed by atoms with Crippen molar-refractivity contribution < 1.29 is 0 Å². The maximum Gasteiger partial charge on any atom is 0.0157 e. The monoisotopic (exact) mass is 334 g/mol. The third kappa shape index (κ3) is 6.86. The molecule has 2 aromatic carbocycles. The Morgan fingerprint density at radius 2 is 1.05 bits per heavy atom. The molecule has 0 spiro atoms. The zero-order valence-electron chi connectivity index (χ0n) is 12.6. The Morgan fingerprint density at radius 3 is 1.43 bits per heavy atom. The van der Waals surface area contributed by atoms with E-state index in [4.69, 9.17) is 0 Å². The van der Waals surface area contributed by atoms with Crippen molar-refractivity contribution in [3.63, 3.8) is 0 Å². The van der Waals surface area contributed by atoms with Gasteiger partial charge in [-0.2, -0.15) is 11.8 Å². The summed E-state index contributed by atoms with van der Waals surface area (Å²) in [6.07, 6.45) is 0. The lowest BCUT2D eigenvalue weighted by atomic mass is 10.4. The molecule has 2 atom stereocenters. The molecule has 0 amide bonds. The van der Waals surface area contributed by atoms with Crippen molar-refractivity contribution in [3.8, 4) is 0 Å². The van der Waals surface area contributed by atoms with Crippen molar-refractivity contribution in [1.29, 1.82) is 0 Å². The van der Waals surface area contributed by atoms with Crippen LogP contribution in [0.15, 0.2) is 70.5 Å². The van der Waals surface area contributed by atoms with E-state index in [1.807, 2.05) is 23.5 Å². The second-order valence-electron chi connectivity index (χ2n) is 5.02. The summed E-state index contributed by atoms with van der Waals surface area (Å²) in [4.78, 5) is 2.75. The summed E-state index contributed by atoms with van der Waals surface area (Å²) in [6.45, 7) is 4.64. The Morgan fingerprint density at radius 1 is 0.667 bits per heavy atom. The van der Waals surface area contributed by atoms with Gasteiger partial charge in [0.2, 0.25) is 0 Å². The molecule has 0 aliphatic carbocycles. The van der Waals surface area contributed by atoms with E-state index in [0.29, 0.717) is 10.5 Å². The predicted molar refractivity (Wildman–Crippen MR) is 101 cm³/mol. The van der Waals surface area contributed by atoms with Crippen LogP contribution in [0.3, 0.4) is 0 Å². The first-order chi connectivity index (χ1) is 10.2. The van der Waals surface area contributed by atoms with Gasteiger partial charge in [-0.1, -0.05) is 50.2 Å². The molecule has 0 N–H and O–H groups in total. The molecule has 0 unspecified atom stereocenters. The van der Waals surface area contributed by atoms with Crippen molar-refractivity contribution in [2.45, 2.75) is 34.1 Å². The first-order valence-corrected chi connectivity index (χ1v) is 10.2. The van der Waals surface area contributed by atoms with E-state index < -0.39 is 0 Å². The smallest absolute Gasteiger partial charge is 0.0157 e. The first kappa shape index (κ1) is 16.9. The minimum atomic E-state index is 0.659. The van der Waals surface area contributed by atoms with Crippen molar-refractivity contribution >= 4 is 35.3 Å². The molecular formula is C18H22S3. The molecular weight excluding hydrogens is 312 g/mol. The van der Waals surface area contributed by atoms with Crippen LogP contribution in [0.1, 0.15) is 13.8 Å². The summed E-state index contributed by atoms with van der Waals surface area (Å²) >= 11 is 6.01. The fraction of sp³-hybridized carbons (Fsp3) is 0.333. The van der Waals surface area contributed by atoms with Crippen LogP contribution < -0.4 is 0 Å². The van der Waals surface area contributed by atoms with Gasteiger partial charge in [0.25, 0.3) is 0 Å². The van der Waals surface area contributed by atoms with Crippen molar-refractivity contribution in [3.05, 3.63) is 60.7 Å². The van der Waals surface area contributed by atoms with Crippen LogP contribution in [-0.4, -0.2) is 22.0 Å². The average molecular weight is 335 g/mol. The maximum atomic E-state index is 2.32. The van der Waals surface area contributed by atoms with Gasteiger partial charge in [-0.15, -0.1) is 23.5 Å². The number of hydrogen-bond acceptors (Lipinski definition) is 3. The second kappa shape index (κ2) is 9.50. The highest BCUT2D eigenvalue weighted by Gasteiger charge is 2.08. The van der Waals surface area contributed by atoms with Gasteiger partial charge >= 0.3 is 0 Å². The fourth-order valence-electron chi connectivity index (χ4n) is 1.93. The summed E-state index contributed by atoms with van der Waals surface area (Å²) in [6, 6.07) is 21.4. The molecule has 2 aromatic rings. The van der Waals surface area contributed by atoms with Crippen molar-refractivity contribution in [2.24, 2.45) is 0 Å². The largest absolute Gasteiger partial charge is 0.160 e. The lowest BCUT2D eigenvalue weighted by Gasteiger charge is -2.14. The molecule has 21 heavy (non-hydrogen) atoms. The molecule has 0 nitrogen and oxygen atoms in total. The molecule has 3 heteroatoms. The van der Waals surface area contributed by atoms with Crippen LogP contribution in [0, 0.1) is 0 Å². The number of hydrogen-bond donors (Lipinski definition) is 0. The summed E-state index contributed by atoms with van der Waals surface area (Å²) < 4.78 is 0. The van der Waals surface area contributed by atoms with Crippen molar-refractivity contribution in [1.82, 2.24) is 0 Å². The van der Waals surface area contributed by atoms with Gasteiger partial charge in [-0.05, 0) is 24.3 Å². The Kier molecular flexibility index (Phi) is 7.62. The second-order valence-corrected chi connectivity index (χ2v) is 9.12. The summed E-state index contributed by atoms with van der Waals surface area (Å²) in [7, 11) is 0. The summed E-state index contributed by atoms with van der Waals surface area (Å²) in [5, 5.41) is 1.32. The Bertz CT molecular complexity index is 451. The topological polar surface area (TPSA) is 0 Å². The van der Waals surface area contributed by atoms with E-state index in [-0.39, 0.29) is 0 Å². The molecule has 112 valence electrons. The minimum absolute atomic E-state index is 0.659. The Labute approximate surface area is 141 Å². The quantitative estimate of drug-likeness (QED) is 0.537. The van der Waals surface area contributed by atoms with Gasteiger partial charge in [0, 0.05) is 31.8 Å². The van der Waals surface area contributed by atoms with Gasteiger partial charge in [-0.3, -0.25) is 0 Å². The lowest BCUT2D eigenvalue weighted by Crippen LogP contribution is -2.05.